The molecular weight excluding hydrogens is 354 g/mol. The number of ether oxygens (including phenoxy) is 2. The molecule has 1 aliphatic heterocycles. The lowest BCUT2D eigenvalue weighted by molar-refractivity contribution is -0.117. The Balaban J connectivity index is 1.53. The van der Waals surface area contributed by atoms with Crippen LogP contribution in [0.15, 0.2) is 12.1 Å². The van der Waals surface area contributed by atoms with Gasteiger partial charge in [-0.15, -0.1) is 0 Å². The summed E-state index contributed by atoms with van der Waals surface area (Å²) in [6.07, 6.45) is 5.39. The number of hydrogen-bond acceptors (Lipinski definition) is 5. The summed E-state index contributed by atoms with van der Waals surface area (Å²) in [5.41, 5.74) is 0.573. The lowest BCUT2D eigenvalue weighted by atomic mass is 10.2. The quantitative estimate of drug-likeness (QED) is 0.821. The van der Waals surface area contributed by atoms with Gasteiger partial charge >= 0.3 is 0 Å². The first-order valence-electron chi connectivity index (χ1n) is 9.28. The molecule has 7 heteroatoms. The number of methoxy groups -OCH3 is 2. The third-order valence-electron chi connectivity index (χ3n) is 5.36. The van der Waals surface area contributed by atoms with E-state index in [1.54, 1.807) is 26.4 Å². The Labute approximate surface area is 160 Å². The molecule has 1 aromatic carbocycles. The Bertz CT molecular complexity index is 627. The van der Waals surface area contributed by atoms with Crippen molar-refractivity contribution in [1.82, 2.24) is 9.80 Å². The summed E-state index contributed by atoms with van der Waals surface area (Å²) in [5, 5.41) is 3.37. The molecule has 0 aromatic heterocycles. The molecule has 0 atom stereocenters. The molecule has 0 radical (unpaired) electrons. The van der Waals surface area contributed by atoms with Gasteiger partial charge in [-0.2, -0.15) is 0 Å². The second kappa shape index (κ2) is 8.93. The standard InChI is InChI=1S/C19H28ClN3O3/c1-25-17-12-16(18(26-2)11-15(17)20)21-19(24)13-22-7-9-23(10-8-22)14-5-3-4-6-14/h11-12,14H,3-10,13H2,1-2H3,(H,21,24). The van der Waals surface area contributed by atoms with Crippen LogP contribution in [0.4, 0.5) is 5.69 Å². The zero-order valence-corrected chi connectivity index (χ0v) is 16.3. The van der Waals surface area contributed by atoms with E-state index in [1.807, 2.05) is 0 Å². The summed E-state index contributed by atoms with van der Waals surface area (Å²) in [6, 6.07) is 4.10. The Morgan fingerprint density at radius 2 is 1.77 bits per heavy atom. The van der Waals surface area contributed by atoms with Gasteiger partial charge in [0.1, 0.15) is 11.5 Å². The minimum absolute atomic E-state index is 0.0537. The average molecular weight is 382 g/mol. The fourth-order valence-electron chi connectivity index (χ4n) is 3.91. The van der Waals surface area contributed by atoms with Gasteiger partial charge in [-0.05, 0) is 12.8 Å². The fraction of sp³-hybridized carbons (Fsp3) is 0.632. The number of halogens is 1. The molecule has 0 unspecified atom stereocenters. The summed E-state index contributed by atoms with van der Waals surface area (Å²) in [5.74, 6) is 0.977. The first-order valence-corrected chi connectivity index (χ1v) is 9.66. The van der Waals surface area contributed by atoms with Gasteiger partial charge in [-0.1, -0.05) is 24.4 Å². The molecule has 3 rings (SSSR count). The topological polar surface area (TPSA) is 54.0 Å². The maximum atomic E-state index is 12.5. The molecule has 1 heterocycles. The SMILES string of the molecule is COc1cc(NC(=O)CN2CCN(C3CCCC3)CC2)c(OC)cc1Cl. The number of carbonyl (C=O) groups is 1. The molecule has 1 aliphatic carbocycles. The molecule has 1 N–H and O–H groups in total. The summed E-state index contributed by atoms with van der Waals surface area (Å²) in [4.78, 5) is 17.3. The summed E-state index contributed by atoms with van der Waals surface area (Å²) in [6.45, 7) is 4.36. The second-order valence-corrected chi connectivity index (χ2v) is 7.39. The van der Waals surface area contributed by atoms with Crippen molar-refractivity contribution < 1.29 is 14.3 Å². The van der Waals surface area contributed by atoms with Gasteiger partial charge in [0.15, 0.2) is 0 Å². The Morgan fingerprint density at radius 3 is 2.38 bits per heavy atom. The number of hydrogen-bond donors (Lipinski definition) is 1. The largest absolute Gasteiger partial charge is 0.495 e. The second-order valence-electron chi connectivity index (χ2n) is 6.99. The average Bonchev–Trinajstić information content (AvgIpc) is 3.18. The predicted octanol–water partition coefficient (Wildman–Crippen LogP) is 2.86. The van der Waals surface area contributed by atoms with Crippen molar-refractivity contribution in [3.63, 3.8) is 0 Å². The summed E-state index contributed by atoms with van der Waals surface area (Å²) >= 11 is 6.11. The van der Waals surface area contributed by atoms with Crippen LogP contribution in [0, 0.1) is 0 Å². The summed E-state index contributed by atoms with van der Waals surface area (Å²) < 4.78 is 10.5. The van der Waals surface area contributed by atoms with Crippen LogP contribution in [0.2, 0.25) is 5.02 Å². The van der Waals surface area contributed by atoms with Gasteiger partial charge < -0.3 is 14.8 Å². The van der Waals surface area contributed by atoms with E-state index in [1.165, 1.54) is 25.7 Å². The number of benzene rings is 1. The fourth-order valence-corrected chi connectivity index (χ4v) is 4.14. The van der Waals surface area contributed by atoms with Crippen molar-refractivity contribution in [2.45, 2.75) is 31.7 Å². The number of carbonyl (C=O) groups excluding carboxylic acids is 1. The number of nitrogens with zero attached hydrogens (tertiary/aromatic N) is 2. The molecule has 2 aliphatic rings. The van der Waals surface area contributed by atoms with E-state index >= 15 is 0 Å². The lowest BCUT2D eigenvalue weighted by Gasteiger charge is -2.37. The molecule has 144 valence electrons. The molecule has 0 bridgehead atoms. The van der Waals surface area contributed by atoms with Gasteiger partial charge in [-0.25, -0.2) is 0 Å². The number of amides is 1. The van der Waals surface area contributed by atoms with Crippen LogP contribution in [0.5, 0.6) is 11.5 Å². The highest BCUT2D eigenvalue weighted by molar-refractivity contribution is 6.32. The van der Waals surface area contributed by atoms with Gasteiger partial charge in [0.05, 0.1) is 31.5 Å². The van der Waals surface area contributed by atoms with Crippen LogP contribution in [-0.2, 0) is 4.79 Å². The van der Waals surface area contributed by atoms with Crippen LogP contribution < -0.4 is 14.8 Å². The Kier molecular flexibility index (Phi) is 6.62. The molecule has 1 amide bonds. The molecule has 1 saturated carbocycles. The molecule has 1 aromatic rings. The number of anilines is 1. The van der Waals surface area contributed by atoms with Gasteiger partial charge in [-0.3, -0.25) is 14.6 Å². The highest BCUT2D eigenvalue weighted by atomic mass is 35.5. The summed E-state index contributed by atoms with van der Waals surface area (Å²) in [7, 11) is 3.10. The van der Waals surface area contributed by atoms with E-state index in [0.717, 1.165) is 32.2 Å². The van der Waals surface area contributed by atoms with Crippen LogP contribution in [0.25, 0.3) is 0 Å². The normalized spacial score (nSPS) is 19.5. The van der Waals surface area contributed by atoms with Gasteiger partial charge in [0.25, 0.3) is 0 Å². The van der Waals surface area contributed by atoms with Crippen LogP contribution in [-0.4, -0.2) is 68.7 Å². The van der Waals surface area contributed by atoms with Crippen LogP contribution in [0.3, 0.4) is 0 Å². The molecule has 26 heavy (non-hydrogen) atoms. The van der Waals surface area contributed by atoms with E-state index in [2.05, 4.69) is 15.1 Å². The van der Waals surface area contributed by atoms with Crippen LogP contribution >= 0.6 is 11.6 Å². The van der Waals surface area contributed by atoms with E-state index in [9.17, 15) is 4.79 Å². The lowest BCUT2D eigenvalue weighted by Crippen LogP contribution is -2.51. The third-order valence-corrected chi connectivity index (χ3v) is 5.66. The van der Waals surface area contributed by atoms with Gasteiger partial charge in [0.2, 0.25) is 5.91 Å². The van der Waals surface area contributed by atoms with Crippen molar-refractivity contribution >= 4 is 23.2 Å². The molecule has 6 nitrogen and oxygen atoms in total. The highest BCUT2D eigenvalue weighted by Gasteiger charge is 2.26. The number of rotatable bonds is 6. The van der Waals surface area contributed by atoms with Gasteiger partial charge in [0, 0.05) is 44.4 Å². The maximum Gasteiger partial charge on any atom is 0.238 e. The first-order chi connectivity index (χ1) is 12.6. The molecule has 1 saturated heterocycles. The first kappa shape index (κ1) is 19.3. The Morgan fingerprint density at radius 1 is 1.12 bits per heavy atom. The number of piperazine rings is 1. The molecule has 0 spiro atoms. The third kappa shape index (κ3) is 4.61. The predicted molar refractivity (Wildman–Crippen MR) is 103 cm³/mol. The smallest absolute Gasteiger partial charge is 0.238 e. The van der Waals surface area contributed by atoms with Crippen LogP contribution in [0.1, 0.15) is 25.7 Å². The zero-order chi connectivity index (χ0) is 18.5. The minimum atomic E-state index is -0.0537. The van der Waals surface area contributed by atoms with Crippen molar-refractivity contribution in [2.24, 2.45) is 0 Å². The molecular formula is C19H28ClN3O3. The molecule has 2 fully saturated rings. The van der Waals surface area contributed by atoms with E-state index in [4.69, 9.17) is 21.1 Å². The van der Waals surface area contributed by atoms with Crippen molar-refractivity contribution in [1.29, 1.82) is 0 Å². The number of nitrogens with one attached hydrogen (secondary N) is 1. The van der Waals surface area contributed by atoms with E-state index < -0.39 is 0 Å². The van der Waals surface area contributed by atoms with E-state index in [0.29, 0.717) is 28.8 Å². The van der Waals surface area contributed by atoms with Crippen molar-refractivity contribution in [3.8, 4) is 11.5 Å². The zero-order valence-electron chi connectivity index (χ0n) is 15.6. The minimum Gasteiger partial charge on any atom is -0.495 e. The highest BCUT2D eigenvalue weighted by Crippen LogP contribution is 2.35. The Hall–Kier alpha value is -1.50. The van der Waals surface area contributed by atoms with E-state index in [-0.39, 0.29) is 5.91 Å². The maximum absolute atomic E-state index is 12.5. The monoisotopic (exact) mass is 381 g/mol. The van der Waals surface area contributed by atoms with Crippen molar-refractivity contribution in [2.75, 3.05) is 52.3 Å². The van der Waals surface area contributed by atoms with Crippen molar-refractivity contribution in [3.05, 3.63) is 17.2 Å².